The first-order chi connectivity index (χ1) is 7.81. The first-order valence-corrected chi connectivity index (χ1v) is 6.42. The highest BCUT2D eigenvalue weighted by molar-refractivity contribution is 7.80. The predicted octanol–water partition coefficient (Wildman–Crippen LogP) is 2.67. The third-order valence-electron chi connectivity index (χ3n) is 2.57. The zero-order valence-corrected chi connectivity index (χ0v) is 11.0. The number of benzene rings is 1. The van der Waals surface area contributed by atoms with Crippen LogP contribution in [0.15, 0.2) is 18.2 Å². The Labute approximate surface area is 104 Å². The van der Waals surface area contributed by atoms with Crippen LogP contribution in [0, 0.1) is 0 Å². The largest absolute Gasteiger partial charge is 0.496 e. The fourth-order valence-corrected chi connectivity index (χ4v) is 1.81. The van der Waals surface area contributed by atoms with Crippen LogP contribution in [0.3, 0.4) is 0 Å². The summed E-state index contributed by atoms with van der Waals surface area (Å²) in [6, 6.07) is 6.38. The molecule has 0 unspecified atom stereocenters. The molecule has 0 saturated heterocycles. The molecule has 2 nitrogen and oxygen atoms in total. The fourth-order valence-electron chi connectivity index (χ4n) is 1.65. The minimum absolute atomic E-state index is 0.921. The lowest BCUT2D eigenvalue weighted by Crippen LogP contribution is -2.15. The summed E-state index contributed by atoms with van der Waals surface area (Å²) in [4.78, 5) is 0. The molecule has 0 heterocycles. The van der Waals surface area contributed by atoms with Gasteiger partial charge in [-0.25, -0.2) is 0 Å². The van der Waals surface area contributed by atoms with E-state index in [0.717, 1.165) is 37.4 Å². The second kappa shape index (κ2) is 7.58. The van der Waals surface area contributed by atoms with Gasteiger partial charge in [-0.2, -0.15) is 12.6 Å². The monoisotopic (exact) mass is 239 g/mol. The van der Waals surface area contributed by atoms with Crippen LogP contribution in [0.1, 0.15) is 24.5 Å². The van der Waals surface area contributed by atoms with Crippen molar-refractivity contribution in [3.63, 3.8) is 0 Å². The van der Waals surface area contributed by atoms with Crippen molar-refractivity contribution in [1.82, 2.24) is 5.32 Å². The zero-order valence-electron chi connectivity index (χ0n) is 10.1. The maximum absolute atomic E-state index is 5.30. The van der Waals surface area contributed by atoms with Gasteiger partial charge in [0.25, 0.3) is 0 Å². The molecule has 0 spiro atoms. The van der Waals surface area contributed by atoms with Crippen molar-refractivity contribution in [2.45, 2.75) is 26.3 Å². The van der Waals surface area contributed by atoms with E-state index in [4.69, 9.17) is 4.74 Å². The van der Waals surface area contributed by atoms with Crippen LogP contribution in [0.2, 0.25) is 0 Å². The molecule has 16 heavy (non-hydrogen) atoms. The van der Waals surface area contributed by atoms with Crippen molar-refractivity contribution in [2.75, 3.05) is 19.4 Å². The molecule has 90 valence electrons. The molecule has 1 aromatic carbocycles. The Morgan fingerprint density at radius 1 is 1.38 bits per heavy atom. The van der Waals surface area contributed by atoms with Gasteiger partial charge in [0.05, 0.1) is 7.11 Å². The van der Waals surface area contributed by atoms with Crippen molar-refractivity contribution in [2.24, 2.45) is 0 Å². The number of thiol groups is 1. The van der Waals surface area contributed by atoms with Gasteiger partial charge < -0.3 is 10.1 Å². The van der Waals surface area contributed by atoms with E-state index in [9.17, 15) is 0 Å². The maximum atomic E-state index is 5.30. The van der Waals surface area contributed by atoms with E-state index in [1.165, 1.54) is 11.1 Å². The molecule has 0 aliphatic rings. The summed E-state index contributed by atoms with van der Waals surface area (Å²) in [6.07, 6.45) is 2.12. The standard InChI is InChI=1S/C13H21NOS/c1-3-12-9-11(5-6-13(12)15-2)10-14-7-4-8-16/h5-6,9,14,16H,3-4,7-8,10H2,1-2H3. The normalized spacial score (nSPS) is 10.4. The highest BCUT2D eigenvalue weighted by atomic mass is 32.1. The smallest absolute Gasteiger partial charge is 0.122 e. The zero-order chi connectivity index (χ0) is 11.8. The minimum atomic E-state index is 0.921. The van der Waals surface area contributed by atoms with Crippen LogP contribution in [-0.4, -0.2) is 19.4 Å². The van der Waals surface area contributed by atoms with Gasteiger partial charge >= 0.3 is 0 Å². The van der Waals surface area contributed by atoms with Crippen molar-refractivity contribution in [3.05, 3.63) is 29.3 Å². The number of methoxy groups -OCH3 is 1. The molecule has 0 saturated carbocycles. The SMILES string of the molecule is CCc1cc(CNCCCS)ccc1OC. The summed E-state index contributed by atoms with van der Waals surface area (Å²) >= 11 is 4.18. The first-order valence-electron chi connectivity index (χ1n) is 5.79. The van der Waals surface area contributed by atoms with Crippen LogP contribution in [-0.2, 0) is 13.0 Å². The van der Waals surface area contributed by atoms with E-state index in [0.29, 0.717) is 0 Å². The molecule has 0 atom stereocenters. The van der Waals surface area contributed by atoms with Crippen molar-refractivity contribution in [3.8, 4) is 5.75 Å². The quantitative estimate of drug-likeness (QED) is 0.564. The summed E-state index contributed by atoms with van der Waals surface area (Å²) in [7, 11) is 1.72. The second-order valence-electron chi connectivity index (χ2n) is 3.75. The molecular weight excluding hydrogens is 218 g/mol. The maximum Gasteiger partial charge on any atom is 0.122 e. The molecule has 1 aromatic rings. The molecular formula is C13H21NOS. The highest BCUT2D eigenvalue weighted by Crippen LogP contribution is 2.20. The molecule has 3 heteroatoms. The van der Waals surface area contributed by atoms with Gasteiger partial charge in [-0.3, -0.25) is 0 Å². The molecule has 0 aliphatic carbocycles. The van der Waals surface area contributed by atoms with E-state index in [-0.39, 0.29) is 0 Å². The molecule has 0 radical (unpaired) electrons. The van der Waals surface area contributed by atoms with Crippen LogP contribution in [0.4, 0.5) is 0 Å². The predicted molar refractivity (Wildman–Crippen MR) is 72.5 cm³/mol. The third kappa shape index (κ3) is 4.06. The van der Waals surface area contributed by atoms with E-state index in [1.54, 1.807) is 7.11 Å². The Hall–Kier alpha value is -0.670. The van der Waals surface area contributed by atoms with Crippen LogP contribution in [0.5, 0.6) is 5.75 Å². The van der Waals surface area contributed by atoms with E-state index in [2.05, 4.69) is 43.1 Å². The van der Waals surface area contributed by atoms with Gasteiger partial charge in [-0.1, -0.05) is 19.1 Å². The Morgan fingerprint density at radius 3 is 2.81 bits per heavy atom. The minimum Gasteiger partial charge on any atom is -0.496 e. The van der Waals surface area contributed by atoms with Crippen molar-refractivity contribution < 1.29 is 4.74 Å². The lowest BCUT2D eigenvalue weighted by atomic mass is 10.1. The molecule has 0 aromatic heterocycles. The average Bonchev–Trinajstić information content (AvgIpc) is 2.34. The summed E-state index contributed by atoms with van der Waals surface area (Å²) in [5.74, 6) is 1.93. The summed E-state index contributed by atoms with van der Waals surface area (Å²) < 4.78 is 5.30. The van der Waals surface area contributed by atoms with Gasteiger partial charge in [-0.05, 0) is 42.3 Å². The number of aryl methyl sites for hydroxylation is 1. The van der Waals surface area contributed by atoms with Gasteiger partial charge in [-0.15, -0.1) is 0 Å². The Balaban J connectivity index is 2.54. The molecule has 0 fully saturated rings. The van der Waals surface area contributed by atoms with E-state index in [1.807, 2.05) is 0 Å². The van der Waals surface area contributed by atoms with Gasteiger partial charge in [0.15, 0.2) is 0 Å². The molecule has 1 rings (SSSR count). The van der Waals surface area contributed by atoms with E-state index < -0.39 is 0 Å². The Kier molecular flexibility index (Phi) is 6.34. The average molecular weight is 239 g/mol. The number of hydrogen-bond acceptors (Lipinski definition) is 3. The van der Waals surface area contributed by atoms with Gasteiger partial charge in [0.2, 0.25) is 0 Å². The van der Waals surface area contributed by atoms with Crippen LogP contribution in [0.25, 0.3) is 0 Å². The number of nitrogens with one attached hydrogen (secondary N) is 1. The topological polar surface area (TPSA) is 21.3 Å². The number of ether oxygens (including phenoxy) is 1. The lowest BCUT2D eigenvalue weighted by Gasteiger charge is -2.10. The highest BCUT2D eigenvalue weighted by Gasteiger charge is 2.01. The fraction of sp³-hybridized carbons (Fsp3) is 0.538. The number of hydrogen-bond donors (Lipinski definition) is 2. The summed E-state index contributed by atoms with van der Waals surface area (Å²) in [6.45, 7) is 4.09. The number of rotatable bonds is 7. The van der Waals surface area contributed by atoms with Crippen LogP contribution < -0.4 is 10.1 Å². The van der Waals surface area contributed by atoms with E-state index >= 15 is 0 Å². The molecule has 0 aliphatic heterocycles. The first kappa shape index (κ1) is 13.4. The van der Waals surface area contributed by atoms with Crippen molar-refractivity contribution in [1.29, 1.82) is 0 Å². The summed E-state index contributed by atoms with van der Waals surface area (Å²) in [5, 5.41) is 3.40. The molecule has 0 bridgehead atoms. The van der Waals surface area contributed by atoms with Gasteiger partial charge in [0, 0.05) is 6.54 Å². The lowest BCUT2D eigenvalue weighted by molar-refractivity contribution is 0.410. The Bertz CT molecular complexity index is 315. The van der Waals surface area contributed by atoms with Crippen molar-refractivity contribution >= 4 is 12.6 Å². The summed E-state index contributed by atoms with van der Waals surface area (Å²) in [5.41, 5.74) is 2.59. The third-order valence-corrected chi connectivity index (χ3v) is 2.88. The van der Waals surface area contributed by atoms with Gasteiger partial charge in [0.1, 0.15) is 5.75 Å². The van der Waals surface area contributed by atoms with Crippen LogP contribution >= 0.6 is 12.6 Å². The second-order valence-corrected chi connectivity index (χ2v) is 4.20. The molecule has 0 amide bonds. The Morgan fingerprint density at radius 2 is 2.19 bits per heavy atom. The molecule has 1 N–H and O–H groups in total.